The summed E-state index contributed by atoms with van der Waals surface area (Å²) in [7, 11) is 0. The van der Waals surface area contributed by atoms with Crippen molar-refractivity contribution in [3.05, 3.63) is 33.9 Å². The quantitative estimate of drug-likeness (QED) is 0.821. The molecule has 2 N–H and O–H groups in total. The molecule has 1 aromatic heterocycles. The minimum absolute atomic E-state index is 0.00880. The van der Waals surface area contributed by atoms with Crippen LogP contribution in [0.3, 0.4) is 0 Å². The van der Waals surface area contributed by atoms with E-state index < -0.39 is 0 Å². The second-order valence-corrected chi connectivity index (χ2v) is 7.09. The molecule has 2 aromatic rings. The zero-order valence-electron chi connectivity index (χ0n) is 12.5. The standard InChI is InChI=1S/C17H21BrN2O/c1-10-7-13(18)12-9-16(19-15(12)8-10)17(21)20-14-6-4-3-5-11(14)2/h7-9,11,14,19H,3-6H2,1-2H3,(H,20,21). The predicted molar refractivity (Wildman–Crippen MR) is 89.6 cm³/mol. The van der Waals surface area contributed by atoms with Crippen LogP contribution < -0.4 is 5.32 Å². The summed E-state index contributed by atoms with van der Waals surface area (Å²) in [5, 5.41) is 4.25. The Kier molecular flexibility index (Phi) is 4.07. The lowest BCUT2D eigenvalue weighted by Gasteiger charge is -2.29. The molecule has 1 aliphatic carbocycles. The first kappa shape index (κ1) is 14.6. The van der Waals surface area contributed by atoms with E-state index in [0.717, 1.165) is 21.8 Å². The Morgan fingerprint density at radius 3 is 2.81 bits per heavy atom. The highest BCUT2D eigenvalue weighted by molar-refractivity contribution is 9.10. The summed E-state index contributed by atoms with van der Waals surface area (Å²) in [4.78, 5) is 15.7. The summed E-state index contributed by atoms with van der Waals surface area (Å²) in [6.07, 6.45) is 4.80. The van der Waals surface area contributed by atoms with Gasteiger partial charge in [-0.3, -0.25) is 4.79 Å². The Balaban J connectivity index is 1.83. The third-order valence-corrected chi connectivity index (χ3v) is 5.16. The van der Waals surface area contributed by atoms with Crippen molar-refractivity contribution < 1.29 is 4.79 Å². The van der Waals surface area contributed by atoms with E-state index in [4.69, 9.17) is 0 Å². The molecule has 3 rings (SSSR count). The van der Waals surface area contributed by atoms with Gasteiger partial charge >= 0.3 is 0 Å². The van der Waals surface area contributed by atoms with Crippen LogP contribution in [0.25, 0.3) is 10.9 Å². The number of aromatic amines is 1. The molecule has 1 aliphatic rings. The first-order valence-electron chi connectivity index (χ1n) is 7.64. The average molecular weight is 349 g/mol. The van der Waals surface area contributed by atoms with Gasteiger partial charge in [-0.25, -0.2) is 0 Å². The number of halogens is 1. The normalized spacial score (nSPS) is 22.4. The molecule has 3 nitrogen and oxygen atoms in total. The van der Waals surface area contributed by atoms with Gasteiger partial charge in [-0.05, 0) is 49.4 Å². The highest BCUT2D eigenvalue weighted by Gasteiger charge is 2.23. The van der Waals surface area contributed by atoms with Crippen LogP contribution in [-0.4, -0.2) is 16.9 Å². The molecule has 0 radical (unpaired) electrons. The fraction of sp³-hybridized carbons (Fsp3) is 0.471. The van der Waals surface area contributed by atoms with Crippen LogP contribution in [0.5, 0.6) is 0 Å². The van der Waals surface area contributed by atoms with Crippen LogP contribution >= 0.6 is 15.9 Å². The lowest BCUT2D eigenvalue weighted by atomic mass is 9.86. The molecule has 1 heterocycles. The largest absolute Gasteiger partial charge is 0.350 e. The van der Waals surface area contributed by atoms with Gasteiger partial charge in [-0.15, -0.1) is 0 Å². The van der Waals surface area contributed by atoms with Crippen molar-refractivity contribution in [1.29, 1.82) is 0 Å². The van der Waals surface area contributed by atoms with Gasteiger partial charge in [0.1, 0.15) is 5.69 Å². The number of nitrogens with one attached hydrogen (secondary N) is 2. The molecule has 112 valence electrons. The number of carbonyl (C=O) groups excluding carboxylic acids is 1. The van der Waals surface area contributed by atoms with E-state index in [1.54, 1.807) is 0 Å². The molecule has 2 unspecified atom stereocenters. The second kappa shape index (κ2) is 5.84. The molecule has 0 aliphatic heterocycles. The van der Waals surface area contributed by atoms with Gasteiger partial charge in [0.15, 0.2) is 0 Å². The number of aromatic nitrogens is 1. The maximum atomic E-state index is 12.5. The van der Waals surface area contributed by atoms with Crippen molar-refractivity contribution in [2.75, 3.05) is 0 Å². The maximum Gasteiger partial charge on any atom is 0.267 e. The van der Waals surface area contributed by atoms with Gasteiger partial charge in [0.2, 0.25) is 0 Å². The van der Waals surface area contributed by atoms with Crippen molar-refractivity contribution in [3.63, 3.8) is 0 Å². The zero-order valence-corrected chi connectivity index (χ0v) is 14.1. The monoisotopic (exact) mass is 348 g/mol. The molecule has 1 aromatic carbocycles. The van der Waals surface area contributed by atoms with Gasteiger partial charge < -0.3 is 10.3 Å². The third-order valence-electron chi connectivity index (χ3n) is 4.50. The van der Waals surface area contributed by atoms with Gasteiger partial charge in [-0.1, -0.05) is 35.7 Å². The molecule has 1 saturated carbocycles. The van der Waals surface area contributed by atoms with Gasteiger partial charge in [0, 0.05) is 21.4 Å². The highest BCUT2D eigenvalue weighted by atomic mass is 79.9. The summed E-state index contributed by atoms with van der Waals surface area (Å²) >= 11 is 3.57. The van der Waals surface area contributed by atoms with Crippen molar-refractivity contribution >= 4 is 32.7 Å². The number of H-pyrrole nitrogens is 1. The Morgan fingerprint density at radius 2 is 2.05 bits per heavy atom. The van der Waals surface area contributed by atoms with Crippen LogP contribution in [0, 0.1) is 12.8 Å². The second-order valence-electron chi connectivity index (χ2n) is 6.23. The minimum Gasteiger partial charge on any atom is -0.350 e. The highest BCUT2D eigenvalue weighted by Crippen LogP contribution is 2.27. The first-order chi connectivity index (χ1) is 10.0. The fourth-order valence-electron chi connectivity index (χ4n) is 3.23. The first-order valence-corrected chi connectivity index (χ1v) is 8.43. The minimum atomic E-state index is 0.00880. The van der Waals surface area contributed by atoms with Crippen LogP contribution in [0.15, 0.2) is 22.7 Å². The molecule has 0 saturated heterocycles. The molecule has 2 atom stereocenters. The Hall–Kier alpha value is -1.29. The fourth-order valence-corrected chi connectivity index (χ4v) is 3.92. The zero-order chi connectivity index (χ0) is 15.0. The number of hydrogen-bond acceptors (Lipinski definition) is 1. The summed E-state index contributed by atoms with van der Waals surface area (Å²) in [6.45, 7) is 4.28. The van der Waals surface area contributed by atoms with E-state index >= 15 is 0 Å². The molecule has 0 spiro atoms. The van der Waals surface area contributed by atoms with Crippen LogP contribution in [0.4, 0.5) is 0 Å². The Labute approximate surface area is 133 Å². The maximum absolute atomic E-state index is 12.5. The van der Waals surface area contributed by atoms with E-state index in [0.29, 0.717) is 17.7 Å². The van der Waals surface area contributed by atoms with E-state index in [-0.39, 0.29) is 5.91 Å². The summed E-state index contributed by atoms with van der Waals surface area (Å²) in [5.41, 5.74) is 2.82. The summed E-state index contributed by atoms with van der Waals surface area (Å²) in [5.74, 6) is 0.579. The van der Waals surface area contributed by atoms with E-state index in [1.807, 2.05) is 6.07 Å². The number of amides is 1. The predicted octanol–water partition coefficient (Wildman–Crippen LogP) is 4.55. The Morgan fingerprint density at radius 1 is 1.29 bits per heavy atom. The molecular formula is C17H21BrN2O. The van der Waals surface area contributed by atoms with Crippen molar-refractivity contribution in [2.24, 2.45) is 5.92 Å². The molecular weight excluding hydrogens is 328 g/mol. The number of fused-ring (bicyclic) bond motifs is 1. The molecule has 4 heteroatoms. The number of aryl methyl sites for hydroxylation is 1. The van der Waals surface area contributed by atoms with E-state index in [1.165, 1.54) is 24.8 Å². The Bertz CT molecular complexity index is 677. The third kappa shape index (κ3) is 3.00. The van der Waals surface area contributed by atoms with Crippen LogP contribution in [0.1, 0.15) is 48.7 Å². The van der Waals surface area contributed by atoms with E-state index in [9.17, 15) is 4.79 Å². The topological polar surface area (TPSA) is 44.9 Å². The SMILES string of the molecule is Cc1cc(Br)c2cc(C(=O)NC3CCCCC3C)[nH]c2c1. The number of benzene rings is 1. The smallest absolute Gasteiger partial charge is 0.267 e. The lowest BCUT2D eigenvalue weighted by Crippen LogP contribution is -2.41. The molecule has 1 fully saturated rings. The van der Waals surface area contributed by atoms with E-state index in [2.05, 4.69) is 52.2 Å². The van der Waals surface area contributed by atoms with Crippen molar-refractivity contribution in [1.82, 2.24) is 10.3 Å². The molecule has 21 heavy (non-hydrogen) atoms. The van der Waals surface area contributed by atoms with Crippen molar-refractivity contribution in [2.45, 2.75) is 45.6 Å². The van der Waals surface area contributed by atoms with Crippen LogP contribution in [-0.2, 0) is 0 Å². The van der Waals surface area contributed by atoms with Crippen molar-refractivity contribution in [3.8, 4) is 0 Å². The number of carbonyl (C=O) groups is 1. The summed E-state index contributed by atoms with van der Waals surface area (Å²) < 4.78 is 1.03. The van der Waals surface area contributed by atoms with Gasteiger partial charge in [0.25, 0.3) is 5.91 Å². The summed E-state index contributed by atoms with van der Waals surface area (Å²) in [6, 6.07) is 6.38. The molecule has 1 amide bonds. The van der Waals surface area contributed by atoms with Crippen LogP contribution in [0.2, 0.25) is 0 Å². The number of rotatable bonds is 2. The number of hydrogen-bond donors (Lipinski definition) is 2. The van der Waals surface area contributed by atoms with Gasteiger partial charge in [0.05, 0.1) is 0 Å². The van der Waals surface area contributed by atoms with Gasteiger partial charge in [-0.2, -0.15) is 0 Å². The molecule has 0 bridgehead atoms. The average Bonchev–Trinajstić information content (AvgIpc) is 2.85. The lowest BCUT2D eigenvalue weighted by molar-refractivity contribution is 0.0906.